The van der Waals surface area contributed by atoms with Crippen LogP contribution in [0, 0.1) is 12.8 Å². The zero-order valence-electron chi connectivity index (χ0n) is 16.7. The van der Waals surface area contributed by atoms with Gasteiger partial charge in [0.1, 0.15) is 5.75 Å². The average molecular weight is 474 g/mol. The molecule has 26 heavy (non-hydrogen) atoms. The second kappa shape index (κ2) is 12.4. The molecule has 0 radical (unpaired) electrons. The number of methoxy groups -OCH3 is 1. The molecule has 1 atom stereocenters. The van der Waals surface area contributed by atoms with E-state index in [0.717, 1.165) is 44.3 Å². The molecule has 1 heterocycles. The Labute approximate surface area is 176 Å². The van der Waals surface area contributed by atoms with Gasteiger partial charge in [0.15, 0.2) is 5.96 Å². The minimum Gasteiger partial charge on any atom is -0.496 e. The first-order chi connectivity index (χ1) is 12.1. The molecule has 5 nitrogen and oxygen atoms in total. The van der Waals surface area contributed by atoms with Gasteiger partial charge in [-0.1, -0.05) is 17.7 Å². The Bertz CT molecular complexity index is 565. The number of ether oxygens (including phenoxy) is 1. The minimum atomic E-state index is 0. The van der Waals surface area contributed by atoms with Crippen molar-refractivity contribution in [2.24, 2.45) is 10.9 Å². The van der Waals surface area contributed by atoms with E-state index in [2.05, 4.69) is 48.6 Å². The number of halogens is 1. The number of nitrogens with one attached hydrogen (secondary N) is 2. The van der Waals surface area contributed by atoms with Gasteiger partial charge in [-0.3, -0.25) is 4.99 Å². The second-order valence-corrected chi connectivity index (χ2v) is 6.98. The summed E-state index contributed by atoms with van der Waals surface area (Å²) in [6.45, 7) is 9.21. The van der Waals surface area contributed by atoms with E-state index in [4.69, 9.17) is 9.73 Å². The van der Waals surface area contributed by atoms with Crippen LogP contribution in [0.5, 0.6) is 5.75 Å². The molecule has 1 fully saturated rings. The van der Waals surface area contributed by atoms with Crippen molar-refractivity contribution in [3.8, 4) is 5.75 Å². The Hall–Kier alpha value is -1.02. The highest BCUT2D eigenvalue weighted by molar-refractivity contribution is 14.0. The van der Waals surface area contributed by atoms with Gasteiger partial charge in [0.2, 0.25) is 0 Å². The highest BCUT2D eigenvalue weighted by Crippen LogP contribution is 2.19. The Morgan fingerprint density at radius 3 is 2.85 bits per heavy atom. The number of benzene rings is 1. The third kappa shape index (κ3) is 7.70. The third-order valence-electron chi connectivity index (χ3n) is 4.70. The summed E-state index contributed by atoms with van der Waals surface area (Å²) in [5, 5.41) is 6.81. The zero-order valence-corrected chi connectivity index (χ0v) is 19.0. The lowest BCUT2D eigenvalue weighted by Crippen LogP contribution is -2.39. The summed E-state index contributed by atoms with van der Waals surface area (Å²) in [5.74, 6) is 2.55. The molecule has 2 N–H and O–H groups in total. The van der Waals surface area contributed by atoms with E-state index in [1.54, 1.807) is 7.11 Å². The minimum absolute atomic E-state index is 0. The van der Waals surface area contributed by atoms with E-state index in [0.29, 0.717) is 5.92 Å². The molecule has 6 heteroatoms. The topological polar surface area (TPSA) is 48.9 Å². The van der Waals surface area contributed by atoms with E-state index >= 15 is 0 Å². The van der Waals surface area contributed by atoms with Crippen LogP contribution in [-0.2, 0) is 6.42 Å². The number of likely N-dealkylation sites (tertiary alicyclic amines) is 1. The molecule has 0 saturated carbocycles. The Morgan fingerprint density at radius 2 is 2.15 bits per heavy atom. The standard InChI is InChI=1S/C20H34N4O.HI/c1-5-21-20(23-14-17-7-6-12-24(3)15-17)22-11-10-18-13-16(2)8-9-19(18)25-4;/h8-9,13,17H,5-7,10-12,14-15H2,1-4H3,(H2,21,22,23);1H. The van der Waals surface area contributed by atoms with Crippen LogP contribution in [0.15, 0.2) is 23.2 Å². The van der Waals surface area contributed by atoms with Gasteiger partial charge < -0.3 is 20.3 Å². The summed E-state index contributed by atoms with van der Waals surface area (Å²) in [6.07, 6.45) is 3.49. The molecule has 1 aromatic carbocycles. The van der Waals surface area contributed by atoms with Crippen molar-refractivity contribution in [2.45, 2.75) is 33.1 Å². The molecule has 0 spiro atoms. The van der Waals surface area contributed by atoms with Crippen LogP contribution in [0.25, 0.3) is 0 Å². The van der Waals surface area contributed by atoms with Gasteiger partial charge in [-0.05, 0) is 64.3 Å². The lowest BCUT2D eigenvalue weighted by atomic mass is 9.99. The van der Waals surface area contributed by atoms with Gasteiger partial charge in [0.05, 0.1) is 7.11 Å². The molecule has 1 aliphatic heterocycles. The van der Waals surface area contributed by atoms with Gasteiger partial charge in [0, 0.05) is 26.2 Å². The number of hydrogen-bond donors (Lipinski definition) is 2. The largest absolute Gasteiger partial charge is 0.496 e. The van der Waals surface area contributed by atoms with Crippen molar-refractivity contribution >= 4 is 29.9 Å². The lowest BCUT2D eigenvalue weighted by Gasteiger charge is -2.28. The molecule has 1 aliphatic rings. The van der Waals surface area contributed by atoms with Crippen LogP contribution < -0.4 is 15.4 Å². The van der Waals surface area contributed by atoms with Gasteiger partial charge in [-0.15, -0.1) is 24.0 Å². The molecule has 0 bridgehead atoms. The fourth-order valence-electron chi connectivity index (χ4n) is 3.40. The fraction of sp³-hybridized carbons (Fsp3) is 0.650. The highest BCUT2D eigenvalue weighted by atomic mass is 127. The Kier molecular flexibility index (Phi) is 11.0. The SMILES string of the molecule is CCNC(=NCC1CCCN(C)C1)NCCc1cc(C)ccc1OC.I. The molecule has 0 amide bonds. The fourth-order valence-corrected chi connectivity index (χ4v) is 3.40. The van der Waals surface area contributed by atoms with E-state index in [1.807, 2.05) is 6.07 Å². The van der Waals surface area contributed by atoms with Gasteiger partial charge >= 0.3 is 0 Å². The maximum atomic E-state index is 5.46. The Balaban J connectivity index is 0.00000338. The van der Waals surface area contributed by atoms with Crippen molar-refractivity contribution in [1.29, 1.82) is 0 Å². The van der Waals surface area contributed by atoms with E-state index < -0.39 is 0 Å². The molecule has 0 aromatic heterocycles. The molecular weight excluding hydrogens is 439 g/mol. The summed E-state index contributed by atoms with van der Waals surface area (Å²) in [6, 6.07) is 6.33. The van der Waals surface area contributed by atoms with Crippen LogP contribution in [0.3, 0.4) is 0 Å². The summed E-state index contributed by atoms with van der Waals surface area (Å²) >= 11 is 0. The number of guanidine groups is 1. The quantitative estimate of drug-likeness (QED) is 0.363. The number of rotatable bonds is 7. The van der Waals surface area contributed by atoms with Crippen LogP contribution >= 0.6 is 24.0 Å². The highest BCUT2D eigenvalue weighted by Gasteiger charge is 2.16. The first-order valence-electron chi connectivity index (χ1n) is 9.46. The summed E-state index contributed by atoms with van der Waals surface area (Å²) in [5.41, 5.74) is 2.50. The normalized spacial score (nSPS) is 18.2. The summed E-state index contributed by atoms with van der Waals surface area (Å²) in [7, 11) is 3.93. The number of hydrogen-bond acceptors (Lipinski definition) is 3. The maximum Gasteiger partial charge on any atom is 0.191 e. The number of nitrogens with zero attached hydrogens (tertiary/aromatic N) is 2. The van der Waals surface area contributed by atoms with Crippen molar-refractivity contribution in [3.05, 3.63) is 29.3 Å². The van der Waals surface area contributed by atoms with Crippen LogP contribution in [-0.4, -0.2) is 57.7 Å². The van der Waals surface area contributed by atoms with E-state index in [-0.39, 0.29) is 24.0 Å². The molecular formula is C20H35IN4O. The lowest BCUT2D eigenvalue weighted by molar-refractivity contribution is 0.214. The van der Waals surface area contributed by atoms with Gasteiger partial charge in [-0.2, -0.15) is 0 Å². The molecule has 1 saturated heterocycles. The van der Waals surface area contributed by atoms with Crippen molar-refractivity contribution in [1.82, 2.24) is 15.5 Å². The van der Waals surface area contributed by atoms with Crippen LogP contribution in [0.1, 0.15) is 30.9 Å². The summed E-state index contributed by atoms with van der Waals surface area (Å²) in [4.78, 5) is 7.21. The van der Waals surface area contributed by atoms with Crippen molar-refractivity contribution < 1.29 is 4.74 Å². The second-order valence-electron chi connectivity index (χ2n) is 6.98. The smallest absolute Gasteiger partial charge is 0.191 e. The first-order valence-corrected chi connectivity index (χ1v) is 9.46. The number of aryl methyl sites for hydroxylation is 1. The zero-order chi connectivity index (χ0) is 18.1. The van der Waals surface area contributed by atoms with Crippen LogP contribution in [0.4, 0.5) is 0 Å². The number of piperidine rings is 1. The molecule has 2 rings (SSSR count). The Morgan fingerprint density at radius 1 is 1.35 bits per heavy atom. The van der Waals surface area contributed by atoms with E-state index in [1.165, 1.54) is 30.5 Å². The molecule has 1 aromatic rings. The van der Waals surface area contributed by atoms with E-state index in [9.17, 15) is 0 Å². The van der Waals surface area contributed by atoms with Crippen molar-refractivity contribution in [2.75, 3.05) is 46.9 Å². The molecule has 148 valence electrons. The van der Waals surface area contributed by atoms with Crippen LogP contribution in [0.2, 0.25) is 0 Å². The summed E-state index contributed by atoms with van der Waals surface area (Å²) < 4.78 is 5.46. The predicted molar refractivity (Wildman–Crippen MR) is 121 cm³/mol. The monoisotopic (exact) mass is 474 g/mol. The number of aliphatic imine (C=N–C) groups is 1. The predicted octanol–water partition coefficient (Wildman–Crippen LogP) is 3.06. The van der Waals surface area contributed by atoms with Gasteiger partial charge in [0.25, 0.3) is 0 Å². The average Bonchev–Trinajstić information content (AvgIpc) is 2.60. The first kappa shape index (κ1) is 23.0. The molecule has 0 aliphatic carbocycles. The maximum absolute atomic E-state index is 5.46. The third-order valence-corrected chi connectivity index (χ3v) is 4.70. The molecule has 1 unspecified atom stereocenters. The van der Waals surface area contributed by atoms with Crippen molar-refractivity contribution in [3.63, 3.8) is 0 Å². The van der Waals surface area contributed by atoms with Gasteiger partial charge in [-0.25, -0.2) is 0 Å².